The van der Waals surface area contributed by atoms with Crippen molar-refractivity contribution in [3.63, 3.8) is 0 Å². The number of rotatable bonds is 4. The molecule has 0 amide bonds. The van der Waals surface area contributed by atoms with Gasteiger partial charge in [0.15, 0.2) is 0 Å². The number of ether oxygens (including phenoxy) is 1. The van der Waals surface area contributed by atoms with Crippen LogP contribution in [-0.4, -0.2) is 12.5 Å². The molecule has 0 radical (unpaired) electrons. The number of alkyl halides is 1. The van der Waals surface area contributed by atoms with Gasteiger partial charge in [0.2, 0.25) is 0 Å². The maximum Gasteiger partial charge on any atom is 0.120 e. The van der Waals surface area contributed by atoms with Crippen LogP contribution < -0.4 is 4.74 Å². The highest BCUT2D eigenvalue weighted by atomic mass is 127. The number of benzene rings is 1. The molecule has 0 unspecified atom stereocenters. The average Bonchev–Trinajstić information content (AvgIpc) is 2.05. The van der Waals surface area contributed by atoms with Crippen LogP contribution in [0, 0.1) is 3.57 Å². The van der Waals surface area contributed by atoms with Gasteiger partial charge in [-0.05, 0) is 47.2 Å². The molecule has 0 fully saturated rings. The quantitative estimate of drug-likeness (QED) is 0.470. The van der Waals surface area contributed by atoms with Crippen LogP contribution in [0.25, 0.3) is 0 Å². The number of hydrogen-bond donors (Lipinski definition) is 0. The Bertz CT molecular complexity index is 240. The van der Waals surface area contributed by atoms with Gasteiger partial charge in [0.1, 0.15) is 5.75 Å². The van der Waals surface area contributed by atoms with Gasteiger partial charge in [0, 0.05) is 9.45 Å². The van der Waals surface area contributed by atoms with Crippen LogP contribution in [-0.2, 0) is 0 Å². The van der Waals surface area contributed by atoms with Gasteiger partial charge in [-0.15, -0.1) is 11.6 Å². The van der Waals surface area contributed by atoms with Crippen LogP contribution in [0.2, 0.25) is 0 Å². The molecule has 66 valence electrons. The molecule has 1 nitrogen and oxygen atoms in total. The first-order chi connectivity index (χ1) is 5.83. The lowest BCUT2D eigenvalue weighted by molar-refractivity contribution is 0.318. The summed E-state index contributed by atoms with van der Waals surface area (Å²) >= 11 is 7.78. The van der Waals surface area contributed by atoms with Crippen LogP contribution in [0.3, 0.4) is 0 Å². The van der Waals surface area contributed by atoms with Crippen LogP contribution in [0.5, 0.6) is 5.75 Å². The van der Waals surface area contributed by atoms with Gasteiger partial charge < -0.3 is 4.74 Å². The van der Waals surface area contributed by atoms with Crippen molar-refractivity contribution in [1.82, 2.24) is 0 Å². The van der Waals surface area contributed by atoms with Crippen LogP contribution in [0.1, 0.15) is 6.42 Å². The molecule has 0 atom stereocenters. The topological polar surface area (TPSA) is 9.23 Å². The van der Waals surface area contributed by atoms with E-state index in [-0.39, 0.29) is 0 Å². The van der Waals surface area contributed by atoms with E-state index in [0.717, 1.165) is 12.2 Å². The van der Waals surface area contributed by atoms with Crippen molar-refractivity contribution in [2.45, 2.75) is 6.42 Å². The van der Waals surface area contributed by atoms with E-state index in [1.54, 1.807) is 0 Å². The molecule has 12 heavy (non-hydrogen) atoms. The highest BCUT2D eigenvalue weighted by Crippen LogP contribution is 2.14. The minimum atomic E-state index is 0.657. The monoisotopic (exact) mass is 296 g/mol. The Labute approximate surface area is 91.2 Å². The second-order valence-electron chi connectivity index (χ2n) is 2.35. The summed E-state index contributed by atoms with van der Waals surface area (Å²) in [7, 11) is 0. The van der Waals surface area contributed by atoms with Crippen molar-refractivity contribution in [2.24, 2.45) is 0 Å². The first-order valence-electron chi connectivity index (χ1n) is 3.77. The molecular formula is C9H10ClIO. The highest BCUT2D eigenvalue weighted by Gasteiger charge is 1.93. The van der Waals surface area contributed by atoms with E-state index in [1.807, 2.05) is 24.3 Å². The van der Waals surface area contributed by atoms with Crippen LogP contribution in [0.15, 0.2) is 24.3 Å². The summed E-state index contributed by atoms with van der Waals surface area (Å²) in [6.45, 7) is 0.698. The third kappa shape index (κ3) is 3.63. The van der Waals surface area contributed by atoms with Gasteiger partial charge in [-0.25, -0.2) is 0 Å². The third-order valence-corrected chi connectivity index (χ3v) is 2.28. The SMILES string of the molecule is ClCCCOc1cccc(I)c1. The summed E-state index contributed by atoms with van der Waals surface area (Å²) in [5.41, 5.74) is 0. The normalized spacial score (nSPS) is 9.83. The summed E-state index contributed by atoms with van der Waals surface area (Å²) in [6, 6.07) is 7.98. The van der Waals surface area contributed by atoms with Gasteiger partial charge >= 0.3 is 0 Å². The Morgan fingerprint density at radius 2 is 2.25 bits per heavy atom. The fraction of sp³-hybridized carbons (Fsp3) is 0.333. The molecule has 0 aromatic heterocycles. The minimum Gasteiger partial charge on any atom is -0.494 e. The lowest BCUT2D eigenvalue weighted by atomic mass is 10.3. The van der Waals surface area contributed by atoms with Crippen molar-refractivity contribution < 1.29 is 4.74 Å². The lowest BCUT2D eigenvalue weighted by Gasteiger charge is -2.04. The fourth-order valence-corrected chi connectivity index (χ4v) is 1.42. The predicted molar refractivity (Wildman–Crippen MR) is 60.0 cm³/mol. The molecule has 1 aromatic rings. The summed E-state index contributed by atoms with van der Waals surface area (Å²) in [5, 5.41) is 0. The molecule has 0 aliphatic carbocycles. The van der Waals surface area contributed by atoms with E-state index in [9.17, 15) is 0 Å². The van der Waals surface area contributed by atoms with Gasteiger partial charge in [-0.3, -0.25) is 0 Å². The molecule has 0 saturated heterocycles. The molecule has 1 aromatic carbocycles. The summed E-state index contributed by atoms with van der Waals surface area (Å²) in [5.74, 6) is 1.58. The molecular weight excluding hydrogens is 286 g/mol. The average molecular weight is 297 g/mol. The smallest absolute Gasteiger partial charge is 0.120 e. The first-order valence-corrected chi connectivity index (χ1v) is 5.38. The second kappa shape index (κ2) is 5.65. The Morgan fingerprint density at radius 3 is 2.92 bits per heavy atom. The molecule has 0 N–H and O–H groups in total. The standard InChI is InChI=1S/C9H10ClIO/c10-5-2-6-12-9-4-1-3-8(11)7-9/h1,3-4,7H,2,5-6H2. The van der Waals surface area contributed by atoms with Gasteiger partial charge in [-0.1, -0.05) is 6.07 Å². The zero-order chi connectivity index (χ0) is 8.81. The molecule has 0 spiro atoms. The second-order valence-corrected chi connectivity index (χ2v) is 3.97. The maximum atomic E-state index is 5.52. The minimum absolute atomic E-state index is 0.657. The van der Waals surface area contributed by atoms with Crippen LogP contribution >= 0.6 is 34.2 Å². The Hall–Kier alpha value is 0.0400. The summed E-state index contributed by atoms with van der Waals surface area (Å²) in [6.07, 6.45) is 0.896. The fourth-order valence-electron chi connectivity index (χ4n) is 0.801. The van der Waals surface area contributed by atoms with Gasteiger partial charge in [0.05, 0.1) is 6.61 Å². The molecule has 0 bridgehead atoms. The molecule has 0 heterocycles. The Kier molecular flexibility index (Phi) is 4.76. The van der Waals surface area contributed by atoms with E-state index in [1.165, 1.54) is 3.57 Å². The van der Waals surface area contributed by atoms with Crippen molar-refractivity contribution in [3.05, 3.63) is 27.8 Å². The lowest BCUT2D eigenvalue weighted by Crippen LogP contribution is -1.97. The van der Waals surface area contributed by atoms with Gasteiger partial charge in [0.25, 0.3) is 0 Å². The number of hydrogen-bond acceptors (Lipinski definition) is 1. The van der Waals surface area contributed by atoms with Crippen molar-refractivity contribution in [2.75, 3.05) is 12.5 Å². The zero-order valence-corrected chi connectivity index (χ0v) is 9.51. The molecule has 1 rings (SSSR count). The molecule has 0 aliphatic heterocycles. The van der Waals surface area contributed by atoms with E-state index < -0.39 is 0 Å². The van der Waals surface area contributed by atoms with E-state index >= 15 is 0 Å². The summed E-state index contributed by atoms with van der Waals surface area (Å²) < 4.78 is 6.63. The predicted octanol–water partition coefficient (Wildman–Crippen LogP) is 3.30. The van der Waals surface area contributed by atoms with Crippen LogP contribution in [0.4, 0.5) is 0 Å². The van der Waals surface area contributed by atoms with Crippen molar-refractivity contribution in [3.8, 4) is 5.75 Å². The Morgan fingerprint density at radius 1 is 1.42 bits per heavy atom. The van der Waals surface area contributed by atoms with E-state index in [0.29, 0.717) is 12.5 Å². The summed E-state index contributed by atoms with van der Waals surface area (Å²) in [4.78, 5) is 0. The highest BCUT2D eigenvalue weighted by molar-refractivity contribution is 14.1. The molecule has 3 heteroatoms. The maximum absolute atomic E-state index is 5.52. The van der Waals surface area contributed by atoms with Crippen molar-refractivity contribution in [1.29, 1.82) is 0 Å². The largest absolute Gasteiger partial charge is 0.494 e. The third-order valence-electron chi connectivity index (χ3n) is 1.34. The Balaban J connectivity index is 2.41. The molecule has 0 saturated carbocycles. The first kappa shape index (κ1) is 10.1. The van der Waals surface area contributed by atoms with E-state index in [4.69, 9.17) is 16.3 Å². The molecule has 0 aliphatic rings. The van der Waals surface area contributed by atoms with Gasteiger partial charge in [-0.2, -0.15) is 0 Å². The zero-order valence-electron chi connectivity index (χ0n) is 6.59. The number of halogens is 2. The van der Waals surface area contributed by atoms with Crippen molar-refractivity contribution >= 4 is 34.2 Å². The van der Waals surface area contributed by atoms with E-state index in [2.05, 4.69) is 22.6 Å².